The smallest absolute Gasteiger partial charge is 0.317 e. The lowest BCUT2D eigenvalue weighted by atomic mass is 10.3. The van der Waals surface area contributed by atoms with Gasteiger partial charge in [0, 0.05) is 38.3 Å². The quantitative estimate of drug-likeness (QED) is 0.603. The third-order valence-electron chi connectivity index (χ3n) is 4.19. The number of nitro groups is 1. The number of piperazine rings is 1. The molecule has 1 aromatic heterocycles. The third kappa shape index (κ3) is 4.26. The van der Waals surface area contributed by atoms with Crippen LogP contribution in [0.25, 0.3) is 0 Å². The number of carbonyl (C=O) groups excluding carboxylic acids is 1. The maximum atomic E-state index is 12.7. The van der Waals surface area contributed by atoms with E-state index in [1.54, 1.807) is 12.1 Å². The molecule has 1 N–H and O–H groups in total. The summed E-state index contributed by atoms with van der Waals surface area (Å²) >= 11 is 0. The molecule has 1 aliphatic rings. The number of furan rings is 1. The van der Waals surface area contributed by atoms with Crippen molar-refractivity contribution < 1.29 is 22.6 Å². The molecule has 144 valence electrons. The highest BCUT2D eigenvalue weighted by Crippen LogP contribution is 2.22. The fraction of sp³-hybridized carbons (Fsp3) is 0.312. The lowest BCUT2D eigenvalue weighted by Crippen LogP contribution is -2.52. The van der Waals surface area contributed by atoms with Crippen molar-refractivity contribution in [2.24, 2.45) is 0 Å². The first kappa shape index (κ1) is 18.9. The number of benzene rings is 1. The topological polar surface area (TPSA) is 126 Å². The minimum atomic E-state index is -3.86. The number of hydrogen-bond donors (Lipinski definition) is 1. The SMILES string of the molecule is O=C(NCc1ccco1)N1CCN(S(=O)(=O)c2cccc([N+](=O)[O-])c2)CC1. The Hall–Kier alpha value is -2.92. The molecule has 0 spiro atoms. The Bertz CT molecular complexity index is 920. The molecule has 11 heteroatoms. The van der Waals surface area contributed by atoms with E-state index in [0.29, 0.717) is 5.76 Å². The minimum Gasteiger partial charge on any atom is -0.467 e. The van der Waals surface area contributed by atoms with Crippen molar-refractivity contribution in [1.82, 2.24) is 14.5 Å². The molecule has 1 saturated heterocycles. The van der Waals surface area contributed by atoms with Crippen molar-refractivity contribution in [1.29, 1.82) is 0 Å². The summed E-state index contributed by atoms with van der Waals surface area (Å²) in [6, 6.07) is 8.09. The zero-order valence-corrected chi connectivity index (χ0v) is 15.1. The number of nitrogens with one attached hydrogen (secondary N) is 1. The molecule has 1 aliphatic heterocycles. The van der Waals surface area contributed by atoms with Crippen molar-refractivity contribution in [2.75, 3.05) is 26.2 Å². The highest BCUT2D eigenvalue weighted by molar-refractivity contribution is 7.89. The van der Waals surface area contributed by atoms with Crippen LogP contribution in [0.1, 0.15) is 5.76 Å². The molecule has 2 amide bonds. The van der Waals surface area contributed by atoms with Gasteiger partial charge in [-0.25, -0.2) is 13.2 Å². The summed E-state index contributed by atoms with van der Waals surface area (Å²) < 4.78 is 31.7. The Morgan fingerprint density at radius 1 is 1.19 bits per heavy atom. The van der Waals surface area contributed by atoms with Crippen LogP contribution in [0.4, 0.5) is 10.5 Å². The maximum absolute atomic E-state index is 12.7. The molecule has 0 unspecified atom stereocenters. The number of urea groups is 1. The lowest BCUT2D eigenvalue weighted by molar-refractivity contribution is -0.385. The third-order valence-corrected chi connectivity index (χ3v) is 6.08. The van der Waals surface area contributed by atoms with Crippen molar-refractivity contribution in [3.63, 3.8) is 0 Å². The molecule has 27 heavy (non-hydrogen) atoms. The molecule has 0 saturated carbocycles. The Kier molecular flexibility index (Phi) is 5.42. The van der Waals surface area contributed by atoms with Gasteiger partial charge in [-0.3, -0.25) is 10.1 Å². The summed E-state index contributed by atoms with van der Waals surface area (Å²) in [7, 11) is -3.86. The minimum absolute atomic E-state index is 0.110. The first-order valence-corrected chi connectivity index (χ1v) is 9.62. The van der Waals surface area contributed by atoms with Crippen LogP contribution in [0.3, 0.4) is 0 Å². The number of hydrogen-bond acceptors (Lipinski definition) is 6. The molecular weight excluding hydrogens is 376 g/mol. The Morgan fingerprint density at radius 3 is 2.56 bits per heavy atom. The van der Waals surface area contributed by atoms with Crippen LogP contribution in [0.15, 0.2) is 52.0 Å². The van der Waals surface area contributed by atoms with E-state index in [-0.39, 0.29) is 49.3 Å². The van der Waals surface area contributed by atoms with E-state index < -0.39 is 14.9 Å². The second-order valence-corrected chi connectivity index (χ2v) is 7.82. The van der Waals surface area contributed by atoms with Gasteiger partial charge in [-0.05, 0) is 18.2 Å². The molecule has 3 rings (SSSR count). The molecule has 1 fully saturated rings. The summed E-state index contributed by atoms with van der Waals surface area (Å²) in [5, 5.41) is 13.6. The van der Waals surface area contributed by atoms with Crippen molar-refractivity contribution in [3.05, 3.63) is 58.5 Å². The normalized spacial score (nSPS) is 15.5. The van der Waals surface area contributed by atoms with E-state index in [0.717, 1.165) is 6.07 Å². The Balaban J connectivity index is 1.60. The maximum Gasteiger partial charge on any atom is 0.317 e. The van der Waals surface area contributed by atoms with E-state index >= 15 is 0 Å². The summed E-state index contributed by atoms with van der Waals surface area (Å²) in [6.07, 6.45) is 1.51. The second kappa shape index (κ2) is 7.76. The Morgan fingerprint density at radius 2 is 1.93 bits per heavy atom. The van der Waals surface area contributed by atoms with Gasteiger partial charge in [-0.15, -0.1) is 0 Å². The zero-order chi connectivity index (χ0) is 19.4. The van der Waals surface area contributed by atoms with Gasteiger partial charge in [0.25, 0.3) is 5.69 Å². The number of carbonyl (C=O) groups is 1. The molecule has 2 aromatic rings. The van der Waals surface area contributed by atoms with Gasteiger partial charge in [0.05, 0.1) is 22.6 Å². The number of amides is 2. The van der Waals surface area contributed by atoms with E-state index in [1.807, 2.05) is 0 Å². The van der Waals surface area contributed by atoms with Gasteiger partial charge in [0.1, 0.15) is 5.76 Å². The van der Waals surface area contributed by atoms with E-state index in [1.165, 1.54) is 33.7 Å². The number of rotatable bonds is 5. The van der Waals surface area contributed by atoms with Crippen molar-refractivity contribution in [2.45, 2.75) is 11.4 Å². The molecule has 2 heterocycles. The van der Waals surface area contributed by atoms with Gasteiger partial charge in [0.2, 0.25) is 10.0 Å². The van der Waals surface area contributed by atoms with Crippen LogP contribution in [0.2, 0.25) is 0 Å². The summed E-state index contributed by atoms with van der Waals surface area (Å²) in [6.45, 7) is 0.909. The first-order valence-electron chi connectivity index (χ1n) is 8.18. The number of nitro benzene ring substituents is 1. The predicted molar refractivity (Wildman–Crippen MR) is 94.4 cm³/mol. The number of nitrogens with zero attached hydrogens (tertiary/aromatic N) is 3. The van der Waals surface area contributed by atoms with Crippen LogP contribution in [0, 0.1) is 10.1 Å². The number of non-ortho nitro benzene ring substituents is 1. The molecular formula is C16H18N4O6S. The predicted octanol–water partition coefficient (Wildman–Crippen LogP) is 1.40. The van der Waals surface area contributed by atoms with E-state index in [9.17, 15) is 23.3 Å². The lowest BCUT2D eigenvalue weighted by Gasteiger charge is -2.33. The summed E-state index contributed by atoms with van der Waals surface area (Å²) in [5.74, 6) is 0.621. The molecule has 10 nitrogen and oxygen atoms in total. The fourth-order valence-electron chi connectivity index (χ4n) is 2.73. The van der Waals surface area contributed by atoms with Gasteiger partial charge >= 0.3 is 6.03 Å². The summed E-state index contributed by atoms with van der Waals surface area (Å²) in [5.41, 5.74) is -0.285. The van der Waals surface area contributed by atoms with Gasteiger partial charge < -0.3 is 14.6 Å². The average Bonchev–Trinajstić information content (AvgIpc) is 3.20. The molecule has 1 aromatic carbocycles. The highest BCUT2D eigenvalue weighted by atomic mass is 32.2. The molecule has 0 bridgehead atoms. The standard InChI is InChI=1S/C16H18N4O6S/c21-16(17-12-14-4-2-10-26-14)18-6-8-19(9-7-18)27(24,25)15-5-1-3-13(11-15)20(22)23/h1-5,10-11H,6-9,12H2,(H,17,21). The van der Waals surface area contributed by atoms with E-state index in [4.69, 9.17) is 4.42 Å². The monoisotopic (exact) mass is 394 g/mol. The van der Waals surface area contributed by atoms with Crippen LogP contribution >= 0.6 is 0 Å². The Labute approximate surface area is 155 Å². The van der Waals surface area contributed by atoms with Crippen molar-refractivity contribution >= 4 is 21.7 Å². The van der Waals surface area contributed by atoms with Gasteiger partial charge in [0.15, 0.2) is 0 Å². The van der Waals surface area contributed by atoms with Crippen LogP contribution in [-0.2, 0) is 16.6 Å². The second-order valence-electron chi connectivity index (χ2n) is 5.88. The fourth-order valence-corrected chi connectivity index (χ4v) is 4.19. The van der Waals surface area contributed by atoms with E-state index in [2.05, 4.69) is 5.32 Å². The van der Waals surface area contributed by atoms with Gasteiger partial charge in [-0.1, -0.05) is 6.07 Å². The van der Waals surface area contributed by atoms with Crippen LogP contribution < -0.4 is 5.32 Å². The molecule has 0 atom stereocenters. The van der Waals surface area contributed by atoms with Crippen molar-refractivity contribution in [3.8, 4) is 0 Å². The van der Waals surface area contributed by atoms with Gasteiger partial charge in [-0.2, -0.15) is 4.31 Å². The molecule has 0 radical (unpaired) electrons. The summed E-state index contributed by atoms with van der Waals surface area (Å²) in [4.78, 5) is 23.8. The first-order chi connectivity index (χ1) is 12.9. The highest BCUT2D eigenvalue weighted by Gasteiger charge is 2.30. The van der Waals surface area contributed by atoms with Crippen LogP contribution in [-0.4, -0.2) is 54.8 Å². The average molecular weight is 394 g/mol. The molecule has 0 aliphatic carbocycles. The largest absolute Gasteiger partial charge is 0.467 e. The van der Waals surface area contributed by atoms with Crippen LogP contribution in [0.5, 0.6) is 0 Å². The zero-order valence-electron chi connectivity index (χ0n) is 14.3. The number of sulfonamides is 1.